The first kappa shape index (κ1) is 22.1. The summed E-state index contributed by atoms with van der Waals surface area (Å²) in [5, 5.41) is 14.1. The van der Waals surface area contributed by atoms with Crippen molar-refractivity contribution in [3.63, 3.8) is 0 Å². The molecule has 4 aliphatic rings. The Morgan fingerprint density at radius 2 is 1.91 bits per heavy atom. The highest BCUT2D eigenvalue weighted by Gasteiger charge is 2.55. The summed E-state index contributed by atoms with van der Waals surface area (Å²) in [4.78, 5) is 26.5. The van der Waals surface area contributed by atoms with Crippen molar-refractivity contribution in [2.45, 2.75) is 57.6 Å². The number of hydrogen-bond donors (Lipinski definition) is 2. The average Bonchev–Trinajstić information content (AvgIpc) is 3.04. The molecular weight excluding hydrogens is 423 g/mol. The third-order valence-corrected chi connectivity index (χ3v) is 7.90. The van der Waals surface area contributed by atoms with Crippen LogP contribution in [0.25, 0.3) is 0 Å². The normalized spacial score (nSPS) is 29.8. The molecule has 4 saturated carbocycles. The minimum absolute atomic E-state index is 0.0378. The molecule has 0 spiro atoms. The Hall–Kier alpha value is -2.67. The van der Waals surface area contributed by atoms with Crippen LogP contribution in [0.15, 0.2) is 24.3 Å². The molecular formula is C26H31FN2O4. The summed E-state index contributed by atoms with van der Waals surface area (Å²) in [5.74, 6) is 0.225. The number of aryl methyl sites for hydroxylation is 1. The lowest BCUT2D eigenvalue weighted by atomic mass is 9.52. The van der Waals surface area contributed by atoms with E-state index < -0.39 is 11.4 Å². The van der Waals surface area contributed by atoms with Gasteiger partial charge in [0.15, 0.2) is 11.6 Å². The Morgan fingerprint density at radius 1 is 1.21 bits per heavy atom. The second-order valence-electron chi connectivity index (χ2n) is 10.2. The highest BCUT2D eigenvalue weighted by atomic mass is 19.1. The van der Waals surface area contributed by atoms with Gasteiger partial charge < -0.3 is 19.7 Å². The van der Waals surface area contributed by atoms with Gasteiger partial charge in [-0.25, -0.2) is 4.39 Å². The maximum atomic E-state index is 13.9. The number of benzene rings is 1. The van der Waals surface area contributed by atoms with E-state index in [1.807, 2.05) is 6.92 Å². The van der Waals surface area contributed by atoms with Crippen LogP contribution in [-0.2, 0) is 7.05 Å². The zero-order valence-electron chi connectivity index (χ0n) is 19.4. The number of hydrogen-bond acceptors (Lipinski definition) is 4. The second-order valence-corrected chi connectivity index (χ2v) is 10.2. The first-order valence-corrected chi connectivity index (χ1v) is 11.9. The number of aromatic nitrogens is 1. The molecule has 2 unspecified atom stereocenters. The second kappa shape index (κ2) is 7.97. The summed E-state index contributed by atoms with van der Waals surface area (Å²) < 4.78 is 20.8. The number of amides is 1. The van der Waals surface area contributed by atoms with Crippen LogP contribution in [0.3, 0.4) is 0 Å². The third kappa shape index (κ3) is 3.76. The van der Waals surface area contributed by atoms with Gasteiger partial charge in [0.25, 0.3) is 5.91 Å². The van der Waals surface area contributed by atoms with Gasteiger partial charge in [-0.3, -0.25) is 9.59 Å². The van der Waals surface area contributed by atoms with Crippen molar-refractivity contribution < 1.29 is 23.8 Å². The van der Waals surface area contributed by atoms with Crippen LogP contribution in [0.5, 0.6) is 5.75 Å². The highest BCUT2D eigenvalue weighted by Crippen LogP contribution is 2.55. The van der Waals surface area contributed by atoms with Crippen molar-refractivity contribution >= 4 is 11.7 Å². The molecule has 1 heterocycles. The van der Waals surface area contributed by atoms with Crippen LogP contribution in [0.2, 0.25) is 0 Å². The van der Waals surface area contributed by atoms with Crippen molar-refractivity contribution in [3.05, 3.63) is 52.6 Å². The minimum atomic E-state index is -0.548. The Kier molecular flexibility index (Phi) is 5.35. The first-order chi connectivity index (χ1) is 15.7. The van der Waals surface area contributed by atoms with E-state index in [-0.39, 0.29) is 23.5 Å². The van der Waals surface area contributed by atoms with E-state index in [1.165, 1.54) is 18.2 Å². The molecule has 4 aliphatic carbocycles. The summed E-state index contributed by atoms with van der Waals surface area (Å²) in [6.45, 7) is 3.87. The number of carbonyl (C=O) groups is 2. The molecule has 176 valence electrons. The van der Waals surface area contributed by atoms with E-state index in [2.05, 4.69) is 5.32 Å². The number of ether oxygens (including phenoxy) is 1. The summed E-state index contributed by atoms with van der Waals surface area (Å²) in [6, 6.07) is 5.83. The summed E-state index contributed by atoms with van der Waals surface area (Å²) >= 11 is 0. The van der Waals surface area contributed by atoms with Gasteiger partial charge in [0.05, 0.1) is 17.9 Å². The van der Waals surface area contributed by atoms with Crippen molar-refractivity contribution in [3.8, 4) is 5.75 Å². The predicted octanol–water partition coefficient (Wildman–Crippen LogP) is 3.77. The van der Waals surface area contributed by atoms with Crippen molar-refractivity contribution in [2.75, 3.05) is 6.61 Å². The fourth-order valence-corrected chi connectivity index (χ4v) is 6.80. The molecule has 1 aromatic heterocycles. The van der Waals surface area contributed by atoms with Crippen LogP contribution in [0.1, 0.15) is 71.1 Å². The van der Waals surface area contributed by atoms with Crippen LogP contribution in [0.4, 0.5) is 4.39 Å². The van der Waals surface area contributed by atoms with E-state index in [1.54, 1.807) is 24.6 Å². The number of rotatable bonds is 6. The fourth-order valence-electron chi connectivity index (χ4n) is 6.80. The lowest BCUT2D eigenvalue weighted by molar-refractivity contribution is -0.137. The van der Waals surface area contributed by atoms with Gasteiger partial charge in [-0.05, 0) is 93.5 Å². The third-order valence-electron chi connectivity index (χ3n) is 7.90. The molecule has 2 atom stereocenters. The first-order valence-electron chi connectivity index (χ1n) is 11.9. The van der Waals surface area contributed by atoms with Crippen LogP contribution >= 0.6 is 0 Å². The molecule has 7 heteroatoms. The SMILES string of the molecule is CCOc1cc(C(=O)c2cc(C)c(C(=O)NC3C4CC5CC3CC(O)(C5)C4)n2C)ccc1F. The molecule has 4 fully saturated rings. The van der Waals surface area contributed by atoms with Crippen molar-refractivity contribution in [2.24, 2.45) is 24.8 Å². The maximum Gasteiger partial charge on any atom is 0.268 e. The van der Waals surface area contributed by atoms with Crippen LogP contribution < -0.4 is 10.1 Å². The number of halogens is 1. The molecule has 1 aromatic carbocycles. The number of nitrogens with zero attached hydrogens (tertiary/aromatic N) is 1. The molecule has 33 heavy (non-hydrogen) atoms. The number of nitrogens with one attached hydrogen (secondary N) is 1. The van der Waals surface area contributed by atoms with Gasteiger partial charge in [-0.1, -0.05) is 0 Å². The maximum absolute atomic E-state index is 13.9. The van der Waals surface area contributed by atoms with Crippen molar-refractivity contribution in [1.29, 1.82) is 0 Å². The molecule has 1 amide bonds. The number of aliphatic hydroxyl groups is 1. The lowest BCUT2D eigenvalue weighted by Gasteiger charge is -2.58. The Morgan fingerprint density at radius 3 is 2.55 bits per heavy atom. The summed E-state index contributed by atoms with van der Waals surface area (Å²) in [6.07, 6.45) is 4.54. The molecule has 2 aromatic rings. The highest BCUT2D eigenvalue weighted by molar-refractivity contribution is 6.09. The monoisotopic (exact) mass is 454 g/mol. The zero-order chi connectivity index (χ0) is 23.5. The Labute approximate surface area is 193 Å². The molecule has 0 radical (unpaired) electrons. The largest absolute Gasteiger partial charge is 0.491 e. The van der Waals surface area contributed by atoms with E-state index in [0.29, 0.717) is 46.9 Å². The zero-order valence-corrected chi connectivity index (χ0v) is 19.4. The van der Waals surface area contributed by atoms with E-state index in [0.717, 1.165) is 32.1 Å². The van der Waals surface area contributed by atoms with Crippen molar-refractivity contribution in [1.82, 2.24) is 9.88 Å². The van der Waals surface area contributed by atoms with E-state index in [4.69, 9.17) is 4.74 Å². The molecule has 0 aliphatic heterocycles. The van der Waals surface area contributed by atoms with E-state index >= 15 is 0 Å². The molecule has 6 nitrogen and oxygen atoms in total. The predicted molar refractivity (Wildman–Crippen MR) is 121 cm³/mol. The molecule has 4 bridgehead atoms. The molecule has 2 N–H and O–H groups in total. The summed E-state index contributed by atoms with van der Waals surface area (Å²) in [7, 11) is 1.71. The van der Waals surface area contributed by atoms with Crippen LogP contribution in [0, 0.1) is 30.5 Å². The Bertz CT molecular complexity index is 1110. The Balaban J connectivity index is 1.38. The van der Waals surface area contributed by atoms with Gasteiger partial charge in [0.1, 0.15) is 5.69 Å². The van der Waals surface area contributed by atoms with Gasteiger partial charge in [0, 0.05) is 18.7 Å². The topological polar surface area (TPSA) is 80.6 Å². The molecule has 0 saturated heterocycles. The summed E-state index contributed by atoms with van der Waals surface area (Å²) in [5.41, 5.74) is 1.30. The minimum Gasteiger partial charge on any atom is -0.491 e. The number of ketones is 1. The number of carbonyl (C=O) groups excluding carboxylic acids is 2. The fraction of sp³-hybridized carbons (Fsp3) is 0.538. The molecule has 6 rings (SSSR count). The standard InChI is InChI=1S/C26H31FN2O4/c1-4-33-21-10-16(5-6-19(21)27)24(30)20-7-14(2)23(29(20)3)25(31)28-22-17-8-15-9-18(22)13-26(32,11-15)12-17/h5-7,10,15,17-18,22,32H,4,8-9,11-13H2,1-3H3,(H,28,31). The van der Waals surface area contributed by atoms with Gasteiger partial charge in [-0.2, -0.15) is 0 Å². The van der Waals surface area contributed by atoms with Crippen LogP contribution in [-0.4, -0.2) is 39.6 Å². The van der Waals surface area contributed by atoms with E-state index in [9.17, 15) is 19.1 Å². The van der Waals surface area contributed by atoms with Gasteiger partial charge in [-0.15, -0.1) is 0 Å². The average molecular weight is 455 g/mol. The quantitative estimate of drug-likeness (QED) is 0.651. The van der Waals surface area contributed by atoms with Gasteiger partial charge >= 0.3 is 0 Å². The van der Waals surface area contributed by atoms with Gasteiger partial charge in [0.2, 0.25) is 5.78 Å². The lowest BCUT2D eigenvalue weighted by Crippen LogP contribution is -2.61. The smallest absolute Gasteiger partial charge is 0.268 e.